The minimum absolute atomic E-state index is 0.0956. The van der Waals surface area contributed by atoms with Crippen molar-refractivity contribution in [2.45, 2.75) is 46.6 Å². The van der Waals surface area contributed by atoms with Crippen LogP contribution in [0.25, 0.3) is 11.0 Å². The number of hydrogen-bond donors (Lipinski definition) is 1. The molecule has 0 atom stereocenters. The highest BCUT2D eigenvalue weighted by Gasteiger charge is 2.20. The summed E-state index contributed by atoms with van der Waals surface area (Å²) in [5.41, 5.74) is 1.58. The van der Waals surface area contributed by atoms with Gasteiger partial charge >= 0.3 is 0 Å². The van der Waals surface area contributed by atoms with Crippen LogP contribution in [0, 0.1) is 16.7 Å². The maximum Gasteiger partial charge on any atom is 0.272 e. The molecule has 0 fully saturated rings. The molecule has 190 valence electrons. The van der Waals surface area contributed by atoms with Gasteiger partial charge in [0.15, 0.2) is 0 Å². The van der Waals surface area contributed by atoms with E-state index in [1.807, 2.05) is 24.3 Å². The molecule has 0 bridgehead atoms. The van der Waals surface area contributed by atoms with Crippen LogP contribution in [0.1, 0.15) is 54.6 Å². The van der Waals surface area contributed by atoms with Gasteiger partial charge in [-0.05, 0) is 42.5 Å². The van der Waals surface area contributed by atoms with E-state index in [-0.39, 0.29) is 39.1 Å². The molecule has 0 saturated heterocycles. The minimum Gasteiger partial charge on any atom is -0.339 e. The zero-order chi connectivity index (χ0) is 26.5. The van der Waals surface area contributed by atoms with Gasteiger partial charge in [-0.15, -0.1) is 11.3 Å². The normalized spacial score (nSPS) is 12.1. The quantitative estimate of drug-likeness (QED) is 0.280. The highest BCUT2D eigenvalue weighted by Crippen LogP contribution is 2.28. The Bertz CT molecular complexity index is 1310. The van der Waals surface area contributed by atoms with Crippen molar-refractivity contribution in [2.75, 3.05) is 18.9 Å². The van der Waals surface area contributed by atoms with E-state index in [1.165, 1.54) is 17.0 Å². The number of likely N-dealkylation sites (N-methyl/N-ethyl adjacent to an activating group) is 1. The van der Waals surface area contributed by atoms with Crippen LogP contribution in [0.5, 0.6) is 0 Å². The molecule has 0 aliphatic heterocycles. The Kier molecular flexibility index (Phi) is 8.58. The van der Waals surface area contributed by atoms with Crippen molar-refractivity contribution in [3.63, 3.8) is 0 Å². The van der Waals surface area contributed by atoms with Gasteiger partial charge in [-0.2, -0.15) is 5.26 Å². The lowest BCUT2D eigenvalue weighted by molar-refractivity contribution is -0.125. The number of thiophene rings is 1. The molecule has 0 unspecified atom stereocenters. The predicted octanol–water partition coefficient (Wildman–Crippen LogP) is 6.02. The molecule has 2 aromatic heterocycles. The van der Waals surface area contributed by atoms with Crippen LogP contribution in [0.3, 0.4) is 0 Å². The van der Waals surface area contributed by atoms with E-state index in [4.69, 9.17) is 0 Å². The fourth-order valence-corrected chi connectivity index (χ4v) is 4.30. The molecule has 0 saturated carbocycles. The molecule has 7 nitrogen and oxygen atoms in total. The Hall–Kier alpha value is -3.58. The summed E-state index contributed by atoms with van der Waals surface area (Å²) in [7, 11) is 1.62. The topological polar surface area (TPSA) is 91.0 Å². The van der Waals surface area contributed by atoms with Gasteiger partial charge in [-0.25, -0.2) is 13.8 Å². The first-order valence-electron chi connectivity index (χ1n) is 11.5. The van der Waals surface area contributed by atoms with Crippen molar-refractivity contribution in [2.24, 2.45) is 5.41 Å². The SMILES string of the molecule is CN(CCn1c(NC(=O)c2ccc(C(F)F)s2)nc2ccccc21)C(=O)/C(C#N)=C/CCC(C)(C)C. The molecule has 3 aromatic rings. The standard InChI is InChI=1S/C26H29F2N5O2S/c1-26(2,3)13-7-8-17(16-29)24(35)32(4)14-15-33-19-10-6-5-9-18(19)30-25(33)31-23(34)21-12-11-20(36-21)22(27)28/h5-6,8-12,22H,7,13-15H2,1-4H3,(H,30,31,34)/b17-8+. The highest BCUT2D eigenvalue weighted by atomic mass is 32.1. The number of anilines is 1. The molecule has 0 aliphatic rings. The maximum absolute atomic E-state index is 12.9. The van der Waals surface area contributed by atoms with Gasteiger partial charge in [0.1, 0.15) is 11.6 Å². The summed E-state index contributed by atoms with van der Waals surface area (Å²) in [5, 5.41) is 12.2. The lowest BCUT2D eigenvalue weighted by atomic mass is 9.90. The molecule has 0 aliphatic carbocycles. The van der Waals surface area contributed by atoms with Gasteiger partial charge in [0.05, 0.1) is 20.8 Å². The predicted molar refractivity (Wildman–Crippen MR) is 137 cm³/mol. The number of carbonyl (C=O) groups excluding carboxylic acids is 2. The van der Waals surface area contributed by atoms with Gasteiger partial charge in [0.2, 0.25) is 5.95 Å². The van der Waals surface area contributed by atoms with Crippen LogP contribution in [0.2, 0.25) is 0 Å². The summed E-state index contributed by atoms with van der Waals surface area (Å²) in [6, 6.07) is 11.9. The van der Waals surface area contributed by atoms with E-state index >= 15 is 0 Å². The van der Waals surface area contributed by atoms with E-state index in [2.05, 4.69) is 31.1 Å². The smallest absolute Gasteiger partial charge is 0.272 e. The number of nitrogens with zero attached hydrogens (tertiary/aromatic N) is 4. The molecular formula is C26H29F2N5O2S. The van der Waals surface area contributed by atoms with Crippen LogP contribution < -0.4 is 5.32 Å². The van der Waals surface area contributed by atoms with Gasteiger partial charge in [0.25, 0.3) is 18.2 Å². The van der Waals surface area contributed by atoms with Gasteiger partial charge in [-0.1, -0.05) is 39.0 Å². The minimum atomic E-state index is -2.64. The zero-order valence-electron chi connectivity index (χ0n) is 20.7. The van der Waals surface area contributed by atoms with Crippen LogP contribution in [-0.4, -0.2) is 39.9 Å². The number of alkyl halides is 2. The Morgan fingerprint density at radius 1 is 1.25 bits per heavy atom. The Morgan fingerprint density at radius 2 is 1.97 bits per heavy atom. The number of benzene rings is 1. The number of amides is 2. The second-order valence-electron chi connectivity index (χ2n) is 9.59. The first-order valence-corrected chi connectivity index (χ1v) is 12.3. The average Bonchev–Trinajstić information content (AvgIpc) is 3.44. The molecule has 10 heteroatoms. The highest BCUT2D eigenvalue weighted by molar-refractivity contribution is 7.14. The van der Waals surface area contributed by atoms with Crippen molar-refractivity contribution in [3.05, 3.63) is 57.8 Å². The number of para-hydroxylation sites is 2. The van der Waals surface area contributed by atoms with Crippen LogP contribution in [-0.2, 0) is 11.3 Å². The third kappa shape index (κ3) is 6.76. The number of fused-ring (bicyclic) bond motifs is 1. The number of aromatic nitrogens is 2. The van der Waals surface area contributed by atoms with Gasteiger partial charge in [0, 0.05) is 20.1 Å². The van der Waals surface area contributed by atoms with Crippen molar-refractivity contribution >= 4 is 40.1 Å². The number of rotatable bonds is 9. The Morgan fingerprint density at radius 3 is 2.61 bits per heavy atom. The first-order chi connectivity index (χ1) is 17.0. The summed E-state index contributed by atoms with van der Waals surface area (Å²) < 4.78 is 27.6. The van der Waals surface area contributed by atoms with E-state index in [9.17, 15) is 23.6 Å². The summed E-state index contributed by atoms with van der Waals surface area (Å²) >= 11 is 0.728. The van der Waals surface area contributed by atoms with E-state index < -0.39 is 12.3 Å². The fraction of sp³-hybridized carbons (Fsp3) is 0.385. The Labute approximate surface area is 213 Å². The molecule has 3 rings (SSSR count). The lowest BCUT2D eigenvalue weighted by Gasteiger charge is -2.19. The van der Waals surface area contributed by atoms with Crippen molar-refractivity contribution < 1.29 is 18.4 Å². The zero-order valence-corrected chi connectivity index (χ0v) is 21.5. The van der Waals surface area contributed by atoms with Crippen molar-refractivity contribution in [1.29, 1.82) is 5.26 Å². The van der Waals surface area contributed by atoms with Crippen LogP contribution in [0.15, 0.2) is 48.0 Å². The van der Waals surface area contributed by atoms with Gasteiger partial charge < -0.3 is 9.47 Å². The number of halogens is 2. The lowest BCUT2D eigenvalue weighted by Crippen LogP contribution is -2.31. The molecule has 0 radical (unpaired) electrons. The van der Waals surface area contributed by atoms with Crippen LogP contribution in [0.4, 0.5) is 14.7 Å². The molecule has 2 heterocycles. The maximum atomic E-state index is 12.9. The third-order valence-corrected chi connectivity index (χ3v) is 6.64. The van der Waals surface area contributed by atoms with E-state index in [0.717, 1.165) is 23.3 Å². The second kappa shape index (κ2) is 11.4. The first kappa shape index (κ1) is 27.0. The third-order valence-electron chi connectivity index (χ3n) is 5.54. The largest absolute Gasteiger partial charge is 0.339 e. The number of hydrogen-bond acceptors (Lipinski definition) is 5. The summed E-state index contributed by atoms with van der Waals surface area (Å²) in [5.74, 6) is -0.670. The second-order valence-corrected chi connectivity index (χ2v) is 10.7. The number of imidazole rings is 1. The summed E-state index contributed by atoms with van der Waals surface area (Å²) in [4.78, 5) is 31.5. The molecule has 1 aromatic carbocycles. The molecular weight excluding hydrogens is 484 g/mol. The number of nitriles is 1. The average molecular weight is 514 g/mol. The van der Waals surface area contributed by atoms with Crippen LogP contribution >= 0.6 is 11.3 Å². The van der Waals surface area contributed by atoms with E-state index in [0.29, 0.717) is 18.5 Å². The molecule has 36 heavy (non-hydrogen) atoms. The van der Waals surface area contributed by atoms with Crippen molar-refractivity contribution in [3.8, 4) is 6.07 Å². The molecule has 1 N–H and O–H groups in total. The molecule has 2 amide bonds. The molecule has 0 spiro atoms. The number of allylic oxidation sites excluding steroid dienone is 1. The fourth-order valence-electron chi connectivity index (χ4n) is 3.54. The summed E-state index contributed by atoms with van der Waals surface area (Å²) in [6.07, 6.45) is 0.513. The number of carbonyl (C=O) groups is 2. The monoisotopic (exact) mass is 513 g/mol. The van der Waals surface area contributed by atoms with E-state index in [1.54, 1.807) is 23.8 Å². The van der Waals surface area contributed by atoms with Crippen molar-refractivity contribution in [1.82, 2.24) is 14.5 Å². The summed E-state index contributed by atoms with van der Waals surface area (Å²) in [6.45, 7) is 6.86. The van der Waals surface area contributed by atoms with Gasteiger partial charge in [-0.3, -0.25) is 14.9 Å². The Balaban J connectivity index is 1.76. The number of nitrogens with one attached hydrogen (secondary N) is 1.